The van der Waals surface area contributed by atoms with Gasteiger partial charge < -0.3 is 11.2 Å². The maximum atomic E-state index is 12.7. The van der Waals surface area contributed by atoms with Crippen LogP contribution in [0, 0.1) is 6.92 Å². The number of aryl methyl sites for hydroxylation is 3. The van der Waals surface area contributed by atoms with Crippen LogP contribution in [0.5, 0.6) is 0 Å². The maximum absolute atomic E-state index is 12.7. The molecule has 0 fully saturated rings. The summed E-state index contributed by atoms with van der Waals surface area (Å²) in [6.45, 7) is 2.47. The average molecular weight is 340 g/mol. The molecule has 0 amide bonds. The first-order valence-corrected chi connectivity index (χ1v) is 9.07. The highest BCUT2D eigenvalue weighted by Crippen LogP contribution is 2.33. The molecule has 24 heavy (non-hydrogen) atoms. The molecule has 2 heterocycles. The van der Waals surface area contributed by atoms with Gasteiger partial charge in [0.15, 0.2) is 5.82 Å². The average Bonchev–Trinajstić information content (AvgIpc) is 2.96. The number of anilines is 1. The molecule has 124 valence electrons. The van der Waals surface area contributed by atoms with Crippen LogP contribution in [0.1, 0.15) is 34.7 Å². The van der Waals surface area contributed by atoms with Crippen molar-refractivity contribution in [3.8, 4) is 0 Å². The van der Waals surface area contributed by atoms with Gasteiger partial charge >= 0.3 is 0 Å². The van der Waals surface area contributed by atoms with E-state index in [2.05, 4.69) is 17.2 Å². The van der Waals surface area contributed by atoms with E-state index in [0.29, 0.717) is 12.4 Å². The van der Waals surface area contributed by atoms with Crippen LogP contribution >= 0.6 is 11.3 Å². The van der Waals surface area contributed by atoms with Crippen LogP contribution < -0.4 is 16.7 Å². The normalized spacial score (nSPS) is 13.9. The van der Waals surface area contributed by atoms with E-state index >= 15 is 0 Å². The van der Waals surface area contributed by atoms with Crippen LogP contribution in [0.15, 0.2) is 29.1 Å². The van der Waals surface area contributed by atoms with Crippen LogP contribution in [0.3, 0.4) is 0 Å². The van der Waals surface area contributed by atoms with Crippen molar-refractivity contribution in [1.29, 1.82) is 0 Å². The van der Waals surface area contributed by atoms with Gasteiger partial charge in [-0.25, -0.2) is 9.66 Å². The number of benzene rings is 1. The van der Waals surface area contributed by atoms with Gasteiger partial charge in [0.1, 0.15) is 4.83 Å². The molecule has 0 unspecified atom stereocenters. The molecule has 5 nitrogen and oxygen atoms in total. The van der Waals surface area contributed by atoms with Gasteiger partial charge in [-0.1, -0.05) is 17.7 Å². The number of nitrogen functional groups attached to an aromatic ring is 1. The number of nitrogens with one attached hydrogen (secondary N) is 1. The first kappa shape index (κ1) is 15.2. The van der Waals surface area contributed by atoms with E-state index in [1.54, 1.807) is 11.3 Å². The fourth-order valence-corrected chi connectivity index (χ4v) is 4.51. The summed E-state index contributed by atoms with van der Waals surface area (Å²) < 4.78 is 1.20. The lowest BCUT2D eigenvalue weighted by Gasteiger charge is -2.11. The minimum absolute atomic E-state index is 0.125. The van der Waals surface area contributed by atoms with Crippen LogP contribution in [0.2, 0.25) is 0 Å². The largest absolute Gasteiger partial charge is 0.378 e. The summed E-state index contributed by atoms with van der Waals surface area (Å²) in [4.78, 5) is 19.5. The molecule has 0 radical (unpaired) electrons. The number of hydrogen-bond donors (Lipinski definition) is 2. The number of thiophene rings is 1. The quantitative estimate of drug-likeness (QED) is 0.719. The second kappa shape index (κ2) is 5.94. The molecule has 1 aliphatic rings. The highest BCUT2D eigenvalue weighted by atomic mass is 32.1. The molecule has 0 spiro atoms. The third-order valence-corrected chi connectivity index (χ3v) is 5.78. The fourth-order valence-electron chi connectivity index (χ4n) is 3.24. The zero-order chi connectivity index (χ0) is 16.7. The van der Waals surface area contributed by atoms with Crippen LogP contribution in [-0.2, 0) is 19.4 Å². The van der Waals surface area contributed by atoms with Crippen molar-refractivity contribution in [3.63, 3.8) is 0 Å². The molecule has 3 N–H and O–H groups in total. The Kier molecular flexibility index (Phi) is 3.76. The summed E-state index contributed by atoms with van der Waals surface area (Å²) in [6, 6.07) is 8.11. The van der Waals surface area contributed by atoms with E-state index in [1.807, 2.05) is 24.3 Å². The highest BCUT2D eigenvalue weighted by Gasteiger charge is 2.21. The lowest BCUT2D eigenvalue weighted by molar-refractivity contribution is 0.699. The summed E-state index contributed by atoms with van der Waals surface area (Å²) in [5.74, 6) is 6.60. The Morgan fingerprint density at radius 1 is 1.25 bits per heavy atom. The maximum Gasteiger partial charge on any atom is 0.281 e. The fraction of sp³-hybridized carbons (Fsp3) is 0.333. The topological polar surface area (TPSA) is 72.9 Å². The van der Waals surface area contributed by atoms with Gasteiger partial charge in [0.2, 0.25) is 0 Å². The van der Waals surface area contributed by atoms with Crippen LogP contribution in [-0.4, -0.2) is 9.66 Å². The molecule has 4 rings (SSSR count). The second-order valence-corrected chi connectivity index (χ2v) is 7.40. The van der Waals surface area contributed by atoms with Crippen molar-refractivity contribution in [2.75, 3.05) is 11.2 Å². The van der Waals surface area contributed by atoms with Crippen molar-refractivity contribution in [2.24, 2.45) is 0 Å². The zero-order valence-electron chi connectivity index (χ0n) is 13.6. The van der Waals surface area contributed by atoms with Gasteiger partial charge in [0.25, 0.3) is 5.56 Å². The van der Waals surface area contributed by atoms with E-state index in [1.165, 1.54) is 27.1 Å². The highest BCUT2D eigenvalue weighted by molar-refractivity contribution is 7.18. The van der Waals surface area contributed by atoms with E-state index < -0.39 is 0 Å². The van der Waals surface area contributed by atoms with Gasteiger partial charge in [0.05, 0.1) is 11.9 Å². The Labute approximate surface area is 144 Å². The van der Waals surface area contributed by atoms with E-state index in [9.17, 15) is 4.79 Å². The van der Waals surface area contributed by atoms with Crippen LogP contribution in [0.4, 0.5) is 5.69 Å². The molecule has 0 aliphatic heterocycles. The summed E-state index contributed by atoms with van der Waals surface area (Å²) >= 11 is 1.65. The SMILES string of the molecule is Cc1ccc(NCc2nc3sc4c(c3c(=O)n2N)CCCC4)cc1. The van der Waals surface area contributed by atoms with Crippen LogP contribution in [0.25, 0.3) is 10.2 Å². The predicted molar refractivity (Wildman–Crippen MR) is 99.2 cm³/mol. The minimum Gasteiger partial charge on any atom is -0.378 e. The molecule has 1 aliphatic carbocycles. The third-order valence-electron chi connectivity index (χ3n) is 4.60. The standard InChI is InChI=1S/C18H20N4OS/c1-11-6-8-12(9-7-11)20-10-15-21-17-16(18(23)22(15)19)13-4-2-3-5-14(13)24-17/h6-9,20H,2-5,10,19H2,1H3. The lowest BCUT2D eigenvalue weighted by atomic mass is 9.97. The first-order valence-electron chi connectivity index (χ1n) is 8.25. The van der Waals surface area contributed by atoms with Gasteiger partial charge in [-0.2, -0.15) is 0 Å². The smallest absolute Gasteiger partial charge is 0.281 e. The van der Waals surface area contributed by atoms with E-state index in [-0.39, 0.29) is 5.56 Å². The Hall–Kier alpha value is -2.34. The number of aromatic nitrogens is 2. The summed E-state index contributed by atoms with van der Waals surface area (Å²) in [5.41, 5.74) is 3.25. The molecular formula is C18H20N4OS. The number of rotatable bonds is 3. The minimum atomic E-state index is -0.125. The van der Waals surface area contributed by atoms with Crippen molar-refractivity contribution in [3.05, 3.63) is 56.4 Å². The van der Waals surface area contributed by atoms with Gasteiger partial charge in [-0.05, 0) is 50.3 Å². The summed E-state index contributed by atoms with van der Waals surface area (Å²) in [6.07, 6.45) is 4.35. The van der Waals surface area contributed by atoms with E-state index in [4.69, 9.17) is 5.84 Å². The van der Waals surface area contributed by atoms with Gasteiger partial charge in [-0.3, -0.25) is 4.79 Å². The van der Waals surface area contributed by atoms with Crippen molar-refractivity contribution in [2.45, 2.75) is 39.2 Å². The van der Waals surface area contributed by atoms with Crippen molar-refractivity contribution in [1.82, 2.24) is 9.66 Å². The Bertz CT molecular complexity index is 956. The molecule has 0 saturated carbocycles. The number of nitrogens with two attached hydrogens (primary N) is 1. The Balaban J connectivity index is 1.70. The number of fused-ring (bicyclic) bond motifs is 3. The van der Waals surface area contributed by atoms with Crippen molar-refractivity contribution >= 4 is 27.2 Å². The summed E-state index contributed by atoms with van der Waals surface area (Å²) in [5, 5.41) is 4.02. The summed E-state index contributed by atoms with van der Waals surface area (Å²) in [7, 11) is 0. The molecule has 0 atom stereocenters. The Morgan fingerprint density at radius 3 is 2.79 bits per heavy atom. The molecule has 0 saturated heterocycles. The molecule has 2 aromatic heterocycles. The van der Waals surface area contributed by atoms with Crippen molar-refractivity contribution < 1.29 is 0 Å². The molecule has 3 aromatic rings. The molecule has 0 bridgehead atoms. The number of hydrogen-bond acceptors (Lipinski definition) is 5. The van der Waals surface area contributed by atoms with Gasteiger partial charge in [0, 0.05) is 10.6 Å². The molecule has 6 heteroatoms. The second-order valence-electron chi connectivity index (χ2n) is 6.31. The molecule has 1 aromatic carbocycles. The van der Waals surface area contributed by atoms with Gasteiger partial charge in [-0.15, -0.1) is 11.3 Å². The zero-order valence-corrected chi connectivity index (χ0v) is 14.4. The van der Waals surface area contributed by atoms with E-state index in [0.717, 1.165) is 35.2 Å². The third kappa shape index (κ3) is 2.57. The lowest BCUT2D eigenvalue weighted by Crippen LogP contribution is -2.32. The number of nitrogens with zero attached hydrogens (tertiary/aromatic N) is 2. The Morgan fingerprint density at radius 2 is 2.00 bits per heavy atom. The first-order chi connectivity index (χ1) is 11.6. The predicted octanol–water partition coefficient (Wildman–Crippen LogP) is 2.97. The molecular weight excluding hydrogens is 320 g/mol. The monoisotopic (exact) mass is 340 g/mol.